The van der Waals surface area contributed by atoms with E-state index in [1.165, 1.54) is 13.3 Å². The summed E-state index contributed by atoms with van der Waals surface area (Å²) in [5.74, 6) is 0.0741. The van der Waals surface area contributed by atoms with Crippen LogP contribution in [0.4, 0.5) is 8.78 Å². The Balaban J connectivity index is 3.37. The molecule has 3 N–H and O–H groups in total. The minimum atomic E-state index is -2.71. The first-order chi connectivity index (χ1) is 7.15. The molecule has 1 aromatic rings. The maximum atomic E-state index is 12.7. The molecule has 6 heteroatoms. The Kier molecular flexibility index (Phi) is 3.93. The lowest BCUT2D eigenvalue weighted by atomic mass is 10.0. The highest BCUT2D eigenvalue weighted by molar-refractivity contribution is 5.40. The van der Waals surface area contributed by atoms with Crippen LogP contribution >= 0.6 is 0 Å². The molecule has 4 nitrogen and oxygen atoms in total. The number of methoxy groups -OCH3 is 1. The van der Waals surface area contributed by atoms with Gasteiger partial charge in [-0.15, -0.1) is 0 Å². The lowest BCUT2D eigenvalue weighted by molar-refractivity contribution is 0.145. The van der Waals surface area contributed by atoms with Crippen LogP contribution in [-0.4, -0.2) is 17.2 Å². The van der Waals surface area contributed by atoms with Crippen LogP contribution in [0.15, 0.2) is 6.20 Å². The van der Waals surface area contributed by atoms with Crippen molar-refractivity contribution >= 4 is 0 Å². The van der Waals surface area contributed by atoms with Crippen molar-refractivity contribution in [1.82, 2.24) is 4.98 Å². The highest BCUT2D eigenvalue weighted by Gasteiger charge is 2.21. The van der Waals surface area contributed by atoms with Gasteiger partial charge in [0.25, 0.3) is 6.43 Å². The van der Waals surface area contributed by atoms with E-state index in [0.717, 1.165) is 0 Å². The first-order valence-electron chi connectivity index (χ1n) is 4.29. The molecule has 0 saturated carbocycles. The summed E-state index contributed by atoms with van der Waals surface area (Å²) in [6.45, 7) is -0.604. The van der Waals surface area contributed by atoms with E-state index in [4.69, 9.17) is 15.6 Å². The molecule has 0 aliphatic heterocycles. The van der Waals surface area contributed by atoms with Gasteiger partial charge in [0.1, 0.15) is 0 Å². The van der Waals surface area contributed by atoms with E-state index in [2.05, 4.69) is 4.98 Å². The maximum Gasteiger partial charge on any atom is 0.264 e. The zero-order valence-corrected chi connectivity index (χ0v) is 8.20. The third-order valence-corrected chi connectivity index (χ3v) is 2.05. The van der Waals surface area contributed by atoms with E-state index in [0.29, 0.717) is 0 Å². The van der Waals surface area contributed by atoms with Crippen LogP contribution in [0.1, 0.15) is 23.1 Å². The normalized spacial score (nSPS) is 10.8. The Morgan fingerprint density at radius 2 is 2.27 bits per heavy atom. The fraction of sp³-hybridized carbons (Fsp3) is 0.444. The van der Waals surface area contributed by atoms with Gasteiger partial charge in [-0.25, -0.2) is 13.8 Å². The molecule has 1 rings (SSSR count). The van der Waals surface area contributed by atoms with E-state index in [-0.39, 0.29) is 29.1 Å². The Hall–Kier alpha value is -1.27. The summed E-state index contributed by atoms with van der Waals surface area (Å²) in [4.78, 5) is 3.79. The fourth-order valence-corrected chi connectivity index (χ4v) is 1.36. The van der Waals surface area contributed by atoms with Crippen LogP contribution in [0, 0.1) is 0 Å². The van der Waals surface area contributed by atoms with Gasteiger partial charge in [0.15, 0.2) is 0 Å². The zero-order chi connectivity index (χ0) is 11.4. The van der Waals surface area contributed by atoms with Crippen LogP contribution < -0.4 is 10.5 Å². The molecule has 0 spiro atoms. The van der Waals surface area contributed by atoms with Crippen LogP contribution in [0.2, 0.25) is 0 Å². The zero-order valence-electron chi connectivity index (χ0n) is 8.20. The Morgan fingerprint density at radius 1 is 1.60 bits per heavy atom. The predicted molar refractivity (Wildman–Crippen MR) is 49.6 cm³/mol. The van der Waals surface area contributed by atoms with E-state index in [1.807, 2.05) is 0 Å². The minimum Gasteiger partial charge on any atom is -0.481 e. The summed E-state index contributed by atoms with van der Waals surface area (Å²) in [5, 5.41) is 8.90. The molecule has 0 aliphatic carbocycles. The SMILES string of the molecule is COc1ncc(CO)c(C(F)F)c1CN. The lowest BCUT2D eigenvalue weighted by Gasteiger charge is -2.14. The fourth-order valence-electron chi connectivity index (χ4n) is 1.36. The summed E-state index contributed by atoms with van der Waals surface area (Å²) in [7, 11) is 1.33. The molecule has 0 amide bonds. The maximum absolute atomic E-state index is 12.7. The lowest BCUT2D eigenvalue weighted by Crippen LogP contribution is -2.09. The Morgan fingerprint density at radius 3 is 2.67 bits per heavy atom. The average molecular weight is 218 g/mol. The second kappa shape index (κ2) is 4.99. The number of hydrogen-bond acceptors (Lipinski definition) is 4. The molecule has 0 radical (unpaired) electrons. The van der Waals surface area contributed by atoms with Crippen molar-refractivity contribution in [3.8, 4) is 5.88 Å². The molecule has 84 valence electrons. The molecule has 0 aromatic carbocycles. The monoisotopic (exact) mass is 218 g/mol. The number of aromatic nitrogens is 1. The number of nitrogens with two attached hydrogens (primary N) is 1. The van der Waals surface area contributed by atoms with Crippen molar-refractivity contribution in [3.63, 3.8) is 0 Å². The second-order valence-corrected chi connectivity index (χ2v) is 2.85. The van der Waals surface area contributed by atoms with E-state index in [1.54, 1.807) is 0 Å². The number of ether oxygens (including phenoxy) is 1. The van der Waals surface area contributed by atoms with Gasteiger partial charge in [0.05, 0.1) is 13.7 Å². The third kappa shape index (κ3) is 2.21. The molecule has 0 saturated heterocycles. The van der Waals surface area contributed by atoms with Gasteiger partial charge in [-0.1, -0.05) is 0 Å². The number of hydrogen-bond donors (Lipinski definition) is 2. The second-order valence-electron chi connectivity index (χ2n) is 2.85. The van der Waals surface area contributed by atoms with Crippen molar-refractivity contribution < 1.29 is 18.6 Å². The number of rotatable bonds is 4. The van der Waals surface area contributed by atoms with Gasteiger partial charge >= 0.3 is 0 Å². The Bertz CT molecular complexity index is 345. The largest absolute Gasteiger partial charge is 0.481 e. The van der Waals surface area contributed by atoms with Crippen LogP contribution in [-0.2, 0) is 13.2 Å². The van der Waals surface area contributed by atoms with Crippen molar-refractivity contribution in [1.29, 1.82) is 0 Å². The van der Waals surface area contributed by atoms with E-state index in [9.17, 15) is 8.78 Å². The van der Waals surface area contributed by atoms with Crippen molar-refractivity contribution in [2.45, 2.75) is 19.6 Å². The summed E-state index contributed by atoms with van der Waals surface area (Å²) in [5.41, 5.74) is 5.28. The number of aliphatic hydroxyl groups excluding tert-OH is 1. The van der Waals surface area contributed by atoms with Gasteiger partial charge in [-0.3, -0.25) is 0 Å². The highest BCUT2D eigenvalue weighted by Crippen LogP contribution is 2.31. The molecule has 0 atom stereocenters. The average Bonchev–Trinajstić information content (AvgIpc) is 2.26. The van der Waals surface area contributed by atoms with Gasteiger partial charge in [-0.2, -0.15) is 0 Å². The first kappa shape index (κ1) is 11.8. The van der Waals surface area contributed by atoms with E-state index < -0.39 is 13.0 Å². The van der Waals surface area contributed by atoms with Crippen molar-refractivity contribution in [2.24, 2.45) is 5.73 Å². The molecule has 1 heterocycles. The summed E-state index contributed by atoms with van der Waals surface area (Å²) in [6, 6.07) is 0. The minimum absolute atomic E-state index is 0.0741. The Labute approximate surface area is 85.7 Å². The number of nitrogens with zero attached hydrogens (tertiary/aromatic N) is 1. The summed E-state index contributed by atoms with van der Waals surface area (Å²) in [6.07, 6.45) is -1.54. The third-order valence-electron chi connectivity index (χ3n) is 2.05. The standard InChI is InChI=1S/C9H12F2N2O2/c1-15-9-6(2-12)7(8(10)11)5(4-14)3-13-9/h3,8,14H,2,4,12H2,1H3. The quantitative estimate of drug-likeness (QED) is 0.790. The molecule has 0 fully saturated rings. The molecular weight excluding hydrogens is 206 g/mol. The highest BCUT2D eigenvalue weighted by atomic mass is 19.3. The molecule has 15 heavy (non-hydrogen) atoms. The molecular formula is C9H12F2N2O2. The summed E-state index contributed by atoms with van der Waals surface area (Å²) >= 11 is 0. The molecule has 0 unspecified atom stereocenters. The van der Waals surface area contributed by atoms with Crippen LogP contribution in [0.5, 0.6) is 5.88 Å². The topological polar surface area (TPSA) is 68.4 Å². The van der Waals surface area contributed by atoms with Crippen LogP contribution in [0.25, 0.3) is 0 Å². The van der Waals surface area contributed by atoms with Crippen molar-refractivity contribution in [2.75, 3.05) is 7.11 Å². The molecule has 1 aromatic heterocycles. The first-order valence-corrected chi connectivity index (χ1v) is 4.29. The van der Waals surface area contributed by atoms with Crippen molar-refractivity contribution in [3.05, 3.63) is 22.9 Å². The number of pyridine rings is 1. The number of aliphatic hydroxyl groups is 1. The van der Waals surface area contributed by atoms with E-state index >= 15 is 0 Å². The van der Waals surface area contributed by atoms with Gasteiger partial charge < -0.3 is 15.6 Å². The predicted octanol–water partition coefficient (Wildman–Crippen LogP) is 0.979. The number of alkyl halides is 2. The molecule has 0 aliphatic rings. The molecule has 0 bridgehead atoms. The van der Waals surface area contributed by atoms with Gasteiger partial charge in [0, 0.05) is 29.4 Å². The summed E-state index contributed by atoms with van der Waals surface area (Å²) < 4.78 is 30.3. The van der Waals surface area contributed by atoms with Crippen LogP contribution in [0.3, 0.4) is 0 Å². The van der Waals surface area contributed by atoms with Gasteiger partial charge in [0.2, 0.25) is 5.88 Å². The van der Waals surface area contributed by atoms with Gasteiger partial charge in [-0.05, 0) is 0 Å². The smallest absolute Gasteiger partial charge is 0.264 e. The number of halogens is 2.